The molecule has 23 heavy (non-hydrogen) atoms. The van der Waals surface area contributed by atoms with Gasteiger partial charge in [-0.25, -0.2) is 0 Å². The van der Waals surface area contributed by atoms with Crippen molar-refractivity contribution >= 4 is 5.91 Å². The summed E-state index contributed by atoms with van der Waals surface area (Å²) >= 11 is 0. The summed E-state index contributed by atoms with van der Waals surface area (Å²) in [7, 11) is 0. The van der Waals surface area contributed by atoms with Crippen molar-refractivity contribution in [3.63, 3.8) is 0 Å². The summed E-state index contributed by atoms with van der Waals surface area (Å²) in [5.41, 5.74) is 1.17. The van der Waals surface area contributed by atoms with Gasteiger partial charge in [-0.15, -0.1) is 10.2 Å². The van der Waals surface area contributed by atoms with Crippen molar-refractivity contribution in [2.45, 2.75) is 33.6 Å². The highest BCUT2D eigenvalue weighted by Gasteiger charge is 2.16. The van der Waals surface area contributed by atoms with Crippen LogP contribution in [0.1, 0.15) is 42.9 Å². The molecule has 0 saturated carbocycles. The van der Waals surface area contributed by atoms with Gasteiger partial charge in [-0.1, -0.05) is 19.9 Å². The number of carbonyl (C=O) groups is 1. The number of aliphatic hydroxyl groups excluding tert-OH is 1. The Labute approximate surface area is 135 Å². The second kappa shape index (κ2) is 7.37. The van der Waals surface area contributed by atoms with Crippen molar-refractivity contribution in [3.8, 4) is 11.5 Å². The van der Waals surface area contributed by atoms with Gasteiger partial charge in [0.25, 0.3) is 5.91 Å². The highest BCUT2D eigenvalue weighted by Crippen LogP contribution is 2.21. The number of nitrogens with one attached hydrogen (secondary N) is 1. The van der Waals surface area contributed by atoms with E-state index < -0.39 is 0 Å². The van der Waals surface area contributed by atoms with Crippen LogP contribution < -0.4 is 5.32 Å². The largest absolute Gasteiger partial charge is 0.421 e. The first kappa shape index (κ1) is 17.1. The first-order valence-electron chi connectivity index (χ1n) is 7.71. The molecule has 6 heteroatoms. The Kier molecular flexibility index (Phi) is 5.50. The van der Waals surface area contributed by atoms with Crippen LogP contribution in [0.15, 0.2) is 28.7 Å². The minimum Gasteiger partial charge on any atom is -0.421 e. The normalized spacial score (nSPS) is 11.5. The van der Waals surface area contributed by atoms with Gasteiger partial charge < -0.3 is 14.8 Å². The van der Waals surface area contributed by atoms with Gasteiger partial charge >= 0.3 is 0 Å². The van der Waals surface area contributed by atoms with Gasteiger partial charge in [0, 0.05) is 31.2 Å². The molecular formula is C17H23N3O3. The molecule has 0 aliphatic carbocycles. The molecule has 0 bridgehead atoms. The SMILES string of the molecule is Cc1nnc(-c2cccc(C(=O)NCCCC(C)(C)CO)c2)o1. The van der Waals surface area contributed by atoms with Crippen molar-refractivity contribution in [1.29, 1.82) is 0 Å². The van der Waals surface area contributed by atoms with Gasteiger partial charge in [0.05, 0.1) is 0 Å². The van der Waals surface area contributed by atoms with Gasteiger partial charge in [0.1, 0.15) is 0 Å². The Morgan fingerprint density at radius 3 is 2.78 bits per heavy atom. The summed E-state index contributed by atoms with van der Waals surface area (Å²) in [6.45, 7) is 6.45. The number of aliphatic hydroxyl groups is 1. The molecule has 0 atom stereocenters. The lowest BCUT2D eigenvalue weighted by molar-refractivity contribution is 0.0948. The summed E-state index contributed by atoms with van der Waals surface area (Å²) in [6, 6.07) is 7.10. The number of aromatic nitrogens is 2. The maximum absolute atomic E-state index is 12.2. The van der Waals surface area contributed by atoms with Crippen molar-refractivity contribution < 1.29 is 14.3 Å². The molecule has 2 aromatic rings. The Bertz CT molecular complexity index is 665. The molecular weight excluding hydrogens is 294 g/mol. The molecule has 124 valence electrons. The Morgan fingerprint density at radius 2 is 2.13 bits per heavy atom. The Morgan fingerprint density at radius 1 is 1.35 bits per heavy atom. The number of benzene rings is 1. The van der Waals surface area contributed by atoms with Crippen LogP contribution in [0.5, 0.6) is 0 Å². The molecule has 0 aliphatic heterocycles. The van der Waals surface area contributed by atoms with Crippen molar-refractivity contribution in [2.24, 2.45) is 5.41 Å². The Balaban J connectivity index is 1.93. The number of aryl methyl sites for hydroxylation is 1. The number of nitrogens with zero attached hydrogens (tertiary/aromatic N) is 2. The van der Waals surface area contributed by atoms with Crippen molar-refractivity contribution in [2.75, 3.05) is 13.2 Å². The topological polar surface area (TPSA) is 88.2 Å². The van der Waals surface area contributed by atoms with E-state index in [1.807, 2.05) is 19.9 Å². The first-order valence-corrected chi connectivity index (χ1v) is 7.71. The molecule has 0 unspecified atom stereocenters. The van der Waals surface area contributed by atoms with Gasteiger partial charge in [-0.05, 0) is 36.5 Å². The lowest BCUT2D eigenvalue weighted by atomic mass is 9.89. The van der Waals surface area contributed by atoms with Crippen LogP contribution in [0, 0.1) is 12.3 Å². The predicted octanol–water partition coefficient (Wildman–Crippen LogP) is 2.57. The highest BCUT2D eigenvalue weighted by molar-refractivity contribution is 5.95. The van der Waals surface area contributed by atoms with Crippen LogP contribution in [0.2, 0.25) is 0 Å². The molecule has 0 radical (unpaired) electrons. The van der Waals surface area contributed by atoms with E-state index in [1.165, 1.54) is 0 Å². The average Bonchev–Trinajstić information content (AvgIpc) is 2.98. The van der Waals surface area contributed by atoms with E-state index in [0.717, 1.165) is 18.4 Å². The summed E-state index contributed by atoms with van der Waals surface area (Å²) in [5, 5.41) is 19.9. The van der Waals surface area contributed by atoms with Crippen LogP contribution in [0.25, 0.3) is 11.5 Å². The lowest BCUT2D eigenvalue weighted by Crippen LogP contribution is -2.26. The summed E-state index contributed by atoms with van der Waals surface area (Å²) in [4.78, 5) is 12.2. The van der Waals surface area contributed by atoms with Crippen LogP contribution >= 0.6 is 0 Å². The van der Waals surface area contributed by atoms with Gasteiger partial charge in [-0.2, -0.15) is 0 Å². The molecule has 0 fully saturated rings. The van der Waals surface area contributed by atoms with E-state index in [2.05, 4.69) is 15.5 Å². The van der Waals surface area contributed by atoms with Crippen molar-refractivity contribution in [1.82, 2.24) is 15.5 Å². The number of hydrogen-bond donors (Lipinski definition) is 2. The minimum atomic E-state index is -0.134. The third-order valence-electron chi connectivity index (χ3n) is 3.64. The van der Waals surface area contributed by atoms with E-state index >= 15 is 0 Å². The molecule has 0 spiro atoms. The standard InChI is InChI=1S/C17H23N3O3/c1-12-19-20-16(23-12)14-7-4-6-13(10-14)15(22)18-9-5-8-17(2,3)11-21/h4,6-7,10,21H,5,8-9,11H2,1-3H3,(H,18,22). The summed E-state index contributed by atoms with van der Waals surface area (Å²) in [5.74, 6) is 0.757. The molecule has 0 saturated heterocycles. The first-order chi connectivity index (χ1) is 10.9. The molecule has 1 heterocycles. The zero-order valence-electron chi connectivity index (χ0n) is 13.8. The van der Waals surface area contributed by atoms with E-state index in [1.54, 1.807) is 25.1 Å². The number of hydrogen-bond acceptors (Lipinski definition) is 5. The fourth-order valence-corrected chi connectivity index (χ4v) is 2.16. The minimum absolute atomic E-state index is 0.111. The molecule has 1 aromatic heterocycles. The zero-order chi connectivity index (χ0) is 16.9. The van der Waals surface area contributed by atoms with Gasteiger partial charge in [0.15, 0.2) is 0 Å². The van der Waals surface area contributed by atoms with Crippen LogP contribution in [0.3, 0.4) is 0 Å². The van der Waals surface area contributed by atoms with Gasteiger partial charge in [0.2, 0.25) is 11.8 Å². The predicted molar refractivity (Wildman–Crippen MR) is 86.9 cm³/mol. The molecule has 0 aliphatic rings. The highest BCUT2D eigenvalue weighted by atomic mass is 16.4. The maximum atomic E-state index is 12.2. The van der Waals surface area contributed by atoms with E-state index in [0.29, 0.717) is 23.9 Å². The number of amides is 1. The third kappa shape index (κ3) is 4.89. The average molecular weight is 317 g/mol. The molecule has 6 nitrogen and oxygen atoms in total. The van der Waals surface area contributed by atoms with Crippen LogP contribution in [-0.2, 0) is 0 Å². The molecule has 1 amide bonds. The van der Waals surface area contributed by atoms with Crippen molar-refractivity contribution in [3.05, 3.63) is 35.7 Å². The second-order valence-corrected chi connectivity index (χ2v) is 6.39. The third-order valence-corrected chi connectivity index (χ3v) is 3.64. The fraction of sp³-hybridized carbons (Fsp3) is 0.471. The molecule has 1 aromatic carbocycles. The number of carbonyl (C=O) groups excluding carboxylic acids is 1. The Hall–Kier alpha value is -2.21. The van der Waals surface area contributed by atoms with Gasteiger partial charge in [-0.3, -0.25) is 4.79 Å². The lowest BCUT2D eigenvalue weighted by Gasteiger charge is -2.21. The summed E-state index contributed by atoms with van der Waals surface area (Å²) < 4.78 is 5.38. The molecule has 2 N–H and O–H groups in total. The van der Waals surface area contributed by atoms with Crippen LogP contribution in [-0.4, -0.2) is 34.4 Å². The molecule has 2 rings (SSSR count). The zero-order valence-corrected chi connectivity index (χ0v) is 13.8. The second-order valence-electron chi connectivity index (χ2n) is 6.39. The maximum Gasteiger partial charge on any atom is 0.251 e. The summed E-state index contributed by atoms with van der Waals surface area (Å²) in [6.07, 6.45) is 1.67. The fourth-order valence-electron chi connectivity index (χ4n) is 2.16. The van der Waals surface area contributed by atoms with E-state index in [4.69, 9.17) is 4.42 Å². The van der Waals surface area contributed by atoms with Crippen LogP contribution in [0.4, 0.5) is 0 Å². The monoisotopic (exact) mass is 317 g/mol. The number of rotatable bonds is 7. The smallest absolute Gasteiger partial charge is 0.251 e. The van der Waals surface area contributed by atoms with E-state index in [9.17, 15) is 9.90 Å². The quantitative estimate of drug-likeness (QED) is 0.766. The van der Waals surface area contributed by atoms with E-state index in [-0.39, 0.29) is 17.9 Å².